The maximum atomic E-state index is 2.49. The molecule has 0 saturated heterocycles. The normalized spacial score (nSPS) is 19.3. The molecule has 0 heterocycles. The quantitative estimate of drug-likeness (QED) is 0.439. The van der Waals surface area contributed by atoms with Crippen LogP contribution in [0.5, 0.6) is 0 Å². The number of allylic oxidation sites excluding steroid dienone is 1. The lowest BCUT2D eigenvalue weighted by Crippen LogP contribution is -2.28. The summed E-state index contributed by atoms with van der Waals surface area (Å²) in [5.41, 5.74) is 12.3. The van der Waals surface area contributed by atoms with E-state index >= 15 is 0 Å². The van der Waals surface area contributed by atoms with Gasteiger partial charge in [0.1, 0.15) is 0 Å². The maximum absolute atomic E-state index is 2.49. The van der Waals surface area contributed by atoms with Gasteiger partial charge < -0.3 is 0 Å². The summed E-state index contributed by atoms with van der Waals surface area (Å²) in [5.74, 6) is 0. The Kier molecular flexibility index (Phi) is 5.01. The van der Waals surface area contributed by atoms with Crippen molar-refractivity contribution >= 4 is 6.08 Å². The van der Waals surface area contributed by atoms with Crippen molar-refractivity contribution < 1.29 is 0 Å². The molecule has 27 heavy (non-hydrogen) atoms. The molecule has 1 unspecified atom stereocenters. The Hall–Kier alpha value is -1.82. The predicted octanol–water partition coefficient (Wildman–Crippen LogP) is 8.05. The third kappa shape index (κ3) is 2.98. The van der Waals surface area contributed by atoms with Crippen LogP contribution in [0.1, 0.15) is 91.7 Å². The monoisotopic (exact) mass is 358 g/mol. The van der Waals surface area contributed by atoms with E-state index in [1.807, 2.05) is 0 Å². The van der Waals surface area contributed by atoms with Gasteiger partial charge in [-0.25, -0.2) is 0 Å². The number of rotatable bonds is 7. The first-order chi connectivity index (χ1) is 13.1. The summed E-state index contributed by atoms with van der Waals surface area (Å²) in [6.45, 7) is 9.15. The van der Waals surface area contributed by atoms with Crippen molar-refractivity contribution in [3.8, 4) is 11.1 Å². The fourth-order valence-electron chi connectivity index (χ4n) is 5.63. The highest BCUT2D eigenvalue weighted by Crippen LogP contribution is 2.58. The van der Waals surface area contributed by atoms with E-state index in [0.717, 1.165) is 0 Å². The molecular weight excluding hydrogens is 324 g/mol. The minimum atomic E-state index is 0.211. The maximum Gasteiger partial charge on any atom is 0.0255 e. The molecule has 0 fully saturated rings. The number of hydrogen-bond donors (Lipinski definition) is 0. The van der Waals surface area contributed by atoms with Gasteiger partial charge in [-0.2, -0.15) is 0 Å². The summed E-state index contributed by atoms with van der Waals surface area (Å²) < 4.78 is 0. The van der Waals surface area contributed by atoms with E-state index in [9.17, 15) is 0 Å². The highest BCUT2D eigenvalue weighted by molar-refractivity contribution is 5.89. The Morgan fingerprint density at radius 2 is 1.67 bits per heavy atom. The Bertz CT molecular complexity index is 883. The van der Waals surface area contributed by atoms with Gasteiger partial charge in [0.2, 0.25) is 0 Å². The Morgan fingerprint density at radius 1 is 0.889 bits per heavy atom. The number of aryl methyl sites for hydroxylation is 3. The fourth-order valence-corrected chi connectivity index (χ4v) is 5.63. The van der Waals surface area contributed by atoms with Gasteiger partial charge in [0.05, 0.1) is 0 Å². The number of fused-ring (bicyclic) bond motifs is 3. The summed E-state index contributed by atoms with van der Waals surface area (Å²) in [7, 11) is 0. The van der Waals surface area contributed by atoms with Gasteiger partial charge in [-0.3, -0.25) is 0 Å². The molecule has 0 heteroatoms. The second-order valence-electron chi connectivity index (χ2n) is 8.93. The minimum absolute atomic E-state index is 0.211. The van der Waals surface area contributed by atoms with Crippen molar-refractivity contribution in [3.63, 3.8) is 0 Å². The smallest absolute Gasteiger partial charge is 0.0255 e. The molecule has 0 aromatic heterocycles. The first-order valence-electron chi connectivity index (χ1n) is 11.0. The van der Waals surface area contributed by atoms with Crippen LogP contribution in [0.4, 0.5) is 0 Å². The van der Waals surface area contributed by atoms with Crippen molar-refractivity contribution in [2.75, 3.05) is 0 Å². The lowest BCUT2D eigenvalue weighted by atomic mass is 9.67. The first kappa shape index (κ1) is 18.5. The zero-order chi connectivity index (χ0) is 19.0. The van der Waals surface area contributed by atoms with E-state index in [1.54, 1.807) is 16.7 Å². The summed E-state index contributed by atoms with van der Waals surface area (Å²) >= 11 is 0. The van der Waals surface area contributed by atoms with Crippen LogP contribution in [-0.2, 0) is 5.41 Å². The highest BCUT2D eigenvalue weighted by atomic mass is 14.5. The second kappa shape index (κ2) is 7.30. The predicted molar refractivity (Wildman–Crippen MR) is 119 cm³/mol. The minimum Gasteiger partial charge on any atom is -0.0827 e. The van der Waals surface area contributed by atoms with Gasteiger partial charge in [-0.05, 0) is 72.6 Å². The third-order valence-corrected chi connectivity index (χ3v) is 6.92. The van der Waals surface area contributed by atoms with E-state index in [1.165, 1.54) is 79.2 Å². The van der Waals surface area contributed by atoms with Gasteiger partial charge in [0, 0.05) is 5.41 Å². The topological polar surface area (TPSA) is 0 Å². The molecule has 4 rings (SSSR count). The molecule has 142 valence electrons. The molecule has 2 aliphatic rings. The van der Waals surface area contributed by atoms with E-state index in [2.05, 4.69) is 64.1 Å². The molecule has 2 aromatic rings. The van der Waals surface area contributed by atoms with Crippen LogP contribution >= 0.6 is 0 Å². The van der Waals surface area contributed by atoms with Gasteiger partial charge in [0.25, 0.3) is 0 Å². The lowest BCUT2D eigenvalue weighted by Gasteiger charge is -2.36. The standard InChI is InChI=1S/C27H34/c1-5-6-7-8-9-10-15-27-16-11-12-22-20(3)18-21(4)25(26(22)27)23-14-13-19(2)17-24(23)27/h11-14,17-18H,5-10,15-16H2,1-4H3. The first-order valence-corrected chi connectivity index (χ1v) is 11.0. The van der Waals surface area contributed by atoms with E-state index in [-0.39, 0.29) is 5.41 Å². The van der Waals surface area contributed by atoms with Crippen LogP contribution in [0.25, 0.3) is 17.2 Å². The average Bonchev–Trinajstić information content (AvgIpc) is 2.94. The molecular formula is C27H34. The Balaban J connectivity index is 1.76. The third-order valence-electron chi connectivity index (χ3n) is 6.92. The highest BCUT2D eigenvalue weighted by Gasteiger charge is 2.45. The lowest BCUT2D eigenvalue weighted by molar-refractivity contribution is 0.447. The number of unbranched alkanes of at least 4 members (excludes halogenated alkanes) is 5. The molecule has 2 aliphatic carbocycles. The fraction of sp³-hybridized carbons (Fsp3) is 0.481. The van der Waals surface area contributed by atoms with Crippen molar-refractivity contribution in [1.82, 2.24) is 0 Å². The average molecular weight is 359 g/mol. The number of benzene rings is 2. The van der Waals surface area contributed by atoms with Crippen LogP contribution < -0.4 is 0 Å². The summed E-state index contributed by atoms with van der Waals surface area (Å²) in [6, 6.07) is 9.58. The molecule has 0 spiro atoms. The summed E-state index contributed by atoms with van der Waals surface area (Å²) in [4.78, 5) is 0. The zero-order valence-corrected chi connectivity index (χ0v) is 17.6. The van der Waals surface area contributed by atoms with Gasteiger partial charge in [-0.1, -0.05) is 87.4 Å². The van der Waals surface area contributed by atoms with Crippen molar-refractivity contribution in [2.45, 2.75) is 84.5 Å². The molecule has 2 aromatic carbocycles. The van der Waals surface area contributed by atoms with Gasteiger partial charge in [0.15, 0.2) is 0 Å². The second-order valence-corrected chi connectivity index (χ2v) is 8.93. The summed E-state index contributed by atoms with van der Waals surface area (Å²) in [5, 5.41) is 0. The van der Waals surface area contributed by atoms with Crippen LogP contribution in [0.15, 0.2) is 30.3 Å². The van der Waals surface area contributed by atoms with E-state index < -0.39 is 0 Å². The zero-order valence-electron chi connectivity index (χ0n) is 17.6. The van der Waals surface area contributed by atoms with Crippen molar-refractivity contribution in [2.24, 2.45) is 0 Å². The van der Waals surface area contributed by atoms with Crippen LogP contribution in [-0.4, -0.2) is 0 Å². The Labute approximate surface area is 165 Å². The summed E-state index contributed by atoms with van der Waals surface area (Å²) in [6.07, 6.45) is 15.5. The molecule has 0 N–H and O–H groups in total. The molecule has 0 aliphatic heterocycles. The van der Waals surface area contributed by atoms with E-state index in [0.29, 0.717) is 0 Å². The van der Waals surface area contributed by atoms with Crippen molar-refractivity contribution in [3.05, 3.63) is 63.7 Å². The van der Waals surface area contributed by atoms with Crippen LogP contribution in [0.2, 0.25) is 0 Å². The van der Waals surface area contributed by atoms with E-state index in [4.69, 9.17) is 0 Å². The molecule has 0 radical (unpaired) electrons. The van der Waals surface area contributed by atoms with Crippen LogP contribution in [0.3, 0.4) is 0 Å². The van der Waals surface area contributed by atoms with Gasteiger partial charge >= 0.3 is 0 Å². The SMILES string of the molecule is CCCCCCCCC12CC=Cc3c(C)cc(C)c(c31)-c1ccc(C)cc12. The molecule has 0 nitrogen and oxygen atoms in total. The Morgan fingerprint density at radius 3 is 2.48 bits per heavy atom. The van der Waals surface area contributed by atoms with Crippen LogP contribution in [0, 0.1) is 20.8 Å². The molecule has 1 atom stereocenters. The largest absolute Gasteiger partial charge is 0.0827 e. The van der Waals surface area contributed by atoms with Crippen molar-refractivity contribution in [1.29, 1.82) is 0 Å². The molecule has 0 bridgehead atoms. The molecule has 0 saturated carbocycles. The van der Waals surface area contributed by atoms with Gasteiger partial charge in [-0.15, -0.1) is 0 Å². The molecule has 0 amide bonds. The number of hydrogen-bond acceptors (Lipinski definition) is 0.